The molecule has 3 unspecified atom stereocenters. The highest BCUT2D eigenvalue weighted by molar-refractivity contribution is 5.79. The van der Waals surface area contributed by atoms with E-state index in [0.717, 1.165) is 16.6 Å². The van der Waals surface area contributed by atoms with Crippen molar-refractivity contribution in [2.45, 2.75) is 32.5 Å². The van der Waals surface area contributed by atoms with Crippen LogP contribution >= 0.6 is 0 Å². The van der Waals surface area contributed by atoms with Gasteiger partial charge < -0.3 is 15.6 Å². The Hall–Kier alpha value is -2.73. The van der Waals surface area contributed by atoms with Crippen LogP contribution in [0.25, 0.3) is 11.0 Å². The van der Waals surface area contributed by atoms with E-state index in [1.807, 2.05) is 28.8 Å². The van der Waals surface area contributed by atoms with Crippen LogP contribution in [0.2, 0.25) is 0 Å². The lowest BCUT2D eigenvalue weighted by Crippen LogP contribution is -2.41. The van der Waals surface area contributed by atoms with E-state index < -0.39 is 0 Å². The monoisotopic (exact) mass is 354 g/mol. The van der Waals surface area contributed by atoms with Gasteiger partial charge in [0.25, 0.3) is 0 Å². The number of imidazole rings is 1. The summed E-state index contributed by atoms with van der Waals surface area (Å²) >= 11 is 0. The molecule has 1 amide bonds. The highest BCUT2D eigenvalue weighted by atomic mass is 19.1. The van der Waals surface area contributed by atoms with Crippen LogP contribution in [-0.2, 0) is 11.3 Å². The van der Waals surface area contributed by atoms with Crippen LogP contribution in [0.15, 0.2) is 54.9 Å². The molecule has 0 aliphatic rings. The van der Waals surface area contributed by atoms with Gasteiger partial charge in [0.15, 0.2) is 0 Å². The van der Waals surface area contributed by atoms with Gasteiger partial charge in [-0.1, -0.05) is 31.2 Å². The van der Waals surface area contributed by atoms with Crippen LogP contribution in [0.1, 0.15) is 25.5 Å². The second-order valence-corrected chi connectivity index (χ2v) is 6.65. The molecule has 3 atom stereocenters. The molecular formula is C20H23FN4O. The van der Waals surface area contributed by atoms with Gasteiger partial charge in [-0.25, -0.2) is 9.37 Å². The largest absolute Gasteiger partial charge is 0.347 e. The van der Waals surface area contributed by atoms with Gasteiger partial charge in [0.1, 0.15) is 5.82 Å². The maximum Gasteiger partial charge on any atom is 0.224 e. The standard InChI is InChI=1S/C20H23FN4O/c1-13(14(2)22)20(26)24-18(15-7-9-16(21)10-8-15)11-25-12-23-17-5-3-4-6-19(17)25/h3-10,12-14,18H,11,22H2,1-2H3,(H,24,26). The molecule has 1 aromatic heterocycles. The van der Waals surface area contributed by atoms with Crippen LogP contribution in [0.3, 0.4) is 0 Å². The number of amides is 1. The molecule has 5 nitrogen and oxygen atoms in total. The molecule has 136 valence electrons. The van der Waals surface area contributed by atoms with Crippen LogP contribution in [-0.4, -0.2) is 21.5 Å². The number of fused-ring (bicyclic) bond motifs is 1. The second-order valence-electron chi connectivity index (χ2n) is 6.65. The number of hydrogen-bond acceptors (Lipinski definition) is 3. The van der Waals surface area contributed by atoms with Gasteiger partial charge in [-0.15, -0.1) is 0 Å². The van der Waals surface area contributed by atoms with E-state index in [2.05, 4.69) is 10.3 Å². The number of nitrogens with one attached hydrogen (secondary N) is 1. The maximum absolute atomic E-state index is 13.3. The van der Waals surface area contributed by atoms with Gasteiger partial charge in [0.05, 0.1) is 23.4 Å². The van der Waals surface area contributed by atoms with Crippen molar-refractivity contribution >= 4 is 16.9 Å². The fourth-order valence-corrected chi connectivity index (χ4v) is 2.82. The van der Waals surface area contributed by atoms with Crippen molar-refractivity contribution in [2.75, 3.05) is 0 Å². The van der Waals surface area contributed by atoms with E-state index in [-0.39, 0.29) is 29.7 Å². The zero-order valence-corrected chi connectivity index (χ0v) is 14.9. The van der Waals surface area contributed by atoms with Crippen molar-refractivity contribution in [3.8, 4) is 0 Å². The van der Waals surface area contributed by atoms with Gasteiger partial charge in [0.2, 0.25) is 5.91 Å². The number of nitrogens with zero attached hydrogens (tertiary/aromatic N) is 2. The fraction of sp³-hybridized carbons (Fsp3) is 0.300. The Morgan fingerprint density at radius 3 is 2.58 bits per heavy atom. The molecule has 26 heavy (non-hydrogen) atoms. The van der Waals surface area contributed by atoms with E-state index >= 15 is 0 Å². The van der Waals surface area contributed by atoms with Crippen molar-refractivity contribution in [1.82, 2.24) is 14.9 Å². The van der Waals surface area contributed by atoms with E-state index in [0.29, 0.717) is 6.54 Å². The Kier molecular flexibility index (Phi) is 5.32. The van der Waals surface area contributed by atoms with Crippen LogP contribution < -0.4 is 11.1 Å². The van der Waals surface area contributed by atoms with Crippen molar-refractivity contribution < 1.29 is 9.18 Å². The number of para-hydroxylation sites is 2. The first-order valence-corrected chi connectivity index (χ1v) is 8.67. The van der Waals surface area contributed by atoms with E-state index in [1.54, 1.807) is 32.3 Å². The Morgan fingerprint density at radius 2 is 1.88 bits per heavy atom. The molecule has 2 aromatic carbocycles. The summed E-state index contributed by atoms with van der Waals surface area (Å²) in [4.78, 5) is 16.9. The first-order valence-electron chi connectivity index (χ1n) is 8.67. The van der Waals surface area contributed by atoms with Gasteiger partial charge >= 0.3 is 0 Å². The third kappa shape index (κ3) is 3.91. The van der Waals surface area contributed by atoms with Gasteiger partial charge in [-0.05, 0) is 36.8 Å². The van der Waals surface area contributed by atoms with Crippen molar-refractivity contribution in [3.63, 3.8) is 0 Å². The summed E-state index contributed by atoms with van der Waals surface area (Å²) in [7, 11) is 0. The van der Waals surface area contributed by atoms with Crippen molar-refractivity contribution in [1.29, 1.82) is 0 Å². The molecule has 0 saturated carbocycles. The van der Waals surface area contributed by atoms with Crippen LogP contribution in [0.5, 0.6) is 0 Å². The van der Waals surface area contributed by atoms with Crippen LogP contribution in [0, 0.1) is 11.7 Å². The van der Waals surface area contributed by atoms with Crippen molar-refractivity contribution in [3.05, 3.63) is 66.2 Å². The molecule has 0 spiro atoms. The number of carbonyl (C=O) groups is 1. The zero-order chi connectivity index (χ0) is 18.7. The molecule has 0 saturated heterocycles. The van der Waals surface area contributed by atoms with Gasteiger partial charge in [-0.2, -0.15) is 0 Å². The summed E-state index contributed by atoms with van der Waals surface area (Å²) in [6.45, 7) is 4.10. The highest BCUT2D eigenvalue weighted by Crippen LogP contribution is 2.20. The predicted octanol–water partition coefficient (Wildman–Crippen LogP) is 3.02. The quantitative estimate of drug-likeness (QED) is 0.715. The highest BCUT2D eigenvalue weighted by Gasteiger charge is 2.22. The average molecular weight is 354 g/mol. The number of rotatable bonds is 6. The number of nitrogens with two attached hydrogens (primary N) is 1. The minimum absolute atomic E-state index is 0.126. The molecule has 3 aromatic rings. The van der Waals surface area contributed by atoms with Gasteiger partial charge in [-0.3, -0.25) is 4.79 Å². The Morgan fingerprint density at radius 1 is 1.19 bits per heavy atom. The number of hydrogen-bond donors (Lipinski definition) is 2. The molecule has 0 bridgehead atoms. The molecule has 1 heterocycles. The Labute approximate surface area is 152 Å². The minimum atomic E-state index is -0.322. The molecule has 3 rings (SSSR count). The molecule has 0 radical (unpaired) electrons. The van der Waals surface area contributed by atoms with Gasteiger partial charge in [0, 0.05) is 18.5 Å². The fourth-order valence-electron chi connectivity index (χ4n) is 2.82. The lowest BCUT2D eigenvalue weighted by atomic mass is 10.0. The molecule has 0 aliphatic carbocycles. The summed E-state index contributed by atoms with van der Waals surface area (Å²) in [5.74, 6) is -0.757. The Bertz CT molecular complexity index is 888. The van der Waals surface area contributed by atoms with Crippen molar-refractivity contribution in [2.24, 2.45) is 11.7 Å². The predicted molar refractivity (Wildman–Crippen MR) is 99.8 cm³/mol. The summed E-state index contributed by atoms with van der Waals surface area (Å²) in [6, 6.07) is 13.4. The lowest BCUT2D eigenvalue weighted by molar-refractivity contribution is -0.125. The lowest BCUT2D eigenvalue weighted by Gasteiger charge is -2.23. The topological polar surface area (TPSA) is 72.9 Å². The number of benzene rings is 2. The summed E-state index contributed by atoms with van der Waals surface area (Å²) in [6.07, 6.45) is 1.75. The normalized spacial score (nSPS) is 14.8. The third-order valence-electron chi connectivity index (χ3n) is 4.70. The number of carbonyl (C=O) groups excluding carboxylic acids is 1. The maximum atomic E-state index is 13.3. The minimum Gasteiger partial charge on any atom is -0.347 e. The third-order valence-corrected chi connectivity index (χ3v) is 4.70. The Balaban J connectivity index is 1.89. The smallest absolute Gasteiger partial charge is 0.224 e. The first-order chi connectivity index (χ1) is 12.5. The molecule has 0 fully saturated rings. The van der Waals surface area contributed by atoms with E-state index in [1.165, 1.54) is 12.1 Å². The summed E-state index contributed by atoms with van der Waals surface area (Å²) in [5.41, 5.74) is 8.55. The molecule has 3 N–H and O–H groups in total. The average Bonchev–Trinajstić information content (AvgIpc) is 3.04. The van der Waals surface area contributed by atoms with Crippen LogP contribution in [0.4, 0.5) is 4.39 Å². The summed E-state index contributed by atoms with van der Waals surface area (Å²) < 4.78 is 15.3. The zero-order valence-electron chi connectivity index (χ0n) is 14.9. The molecule has 6 heteroatoms. The van der Waals surface area contributed by atoms with E-state index in [4.69, 9.17) is 5.73 Å². The second kappa shape index (κ2) is 7.66. The van der Waals surface area contributed by atoms with E-state index in [9.17, 15) is 9.18 Å². The number of halogens is 1. The molecular weight excluding hydrogens is 331 g/mol. The summed E-state index contributed by atoms with van der Waals surface area (Å²) in [5, 5.41) is 3.05. The first kappa shape index (κ1) is 18.1. The number of aromatic nitrogens is 2. The molecule has 0 aliphatic heterocycles. The SMILES string of the molecule is CC(N)C(C)C(=O)NC(Cn1cnc2ccccc21)c1ccc(F)cc1.